The van der Waals surface area contributed by atoms with Crippen LogP contribution in [-0.2, 0) is 7.05 Å². The van der Waals surface area contributed by atoms with Crippen molar-refractivity contribution in [1.29, 1.82) is 0 Å². The van der Waals surface area contributed by atoms with E-state index in [2.05, 4.69) is 0 Å². The normalized spacial score (nSPS) is 16.5. The molecule has 0 bridgehead atoms. The maximum absolute atomic E-state index is 6.25. The van der Waals surface area contributed by atoms with Gasteiger partial charge >= 0.3 is 0 Å². The van der Waals surface area contributed by atoms with Crippen LogP contribution in [0.1, 0.15) is 43.8 Å². The average molecular weight is 290 g/mol. The lowest BCUT2D eigenvalue weighted by atomic mass is 9.89. The van der Waals surface area contributed by atoms with Gasteiger partial charge in [-0.1, -0.05) is 43.0 Å². The van der Waals surface area contributed by atoms with Crippen LogP contribution in [0.2, 0.25) is 5.02 Å². The fourth-order valence-electron chi connectivity index (χ4n) is 3.10. The van der Waals surface area contributed by atoms with E-state index in [4.69, 9.17) is 22.3 Å². The Morgan fingerprint density at radius 3 is 2.70 bits per heavy atom. The molecule has 0 amide bonds. The third-order valence-corrected chi connectivity index (χ3v) is 4.48. The highest BCUT2D eigenvalue weighted by Gasteiger charge is 2.23. The first-order valence-corrected chi connectivity index (χ1v) is 7.62. The number of imidazole rings is 1. The number of rotatable bonds is 2. The lowest BCUT2D eigenvalue weighted by molar-refractivity contribution is 0.422. The highest BCUT2D eigenvalue weighted by molar-refractivity contribution is 6.30. The van der Waals surface area contributed by atoms with Crippen LogP contribution in [-0.4, -0.2) is 9.55 Å². The molecular formula is C16H20ClN3. The molecule has 2 aromatic rings. The smallest absolute Gasteiger partial charge is 0.131 e. The van der Waals surface area contributed by atoms with E-state index in [1.807, 2.05) is 35.9 Å². The minimum Gasteiger partial charge on any atom is -0.383 e. The topological polar surface area (TPSA) is 43.8 Å². The van der Waals surface area contributed by atoms with Crippen molar-refractivity contribution in [3.63, 3.8) is 0 Å². The van der Waals surface area contributed by atoms with Crippen LogP contribution >= 0.6 is 11.6 Å². The number of anilines is 1. The number of benzene rings is 1. The first kappa shape index (κ1) is 13.5. The van der Waals surface area contributed by atoms with E-state index < -0.39 is 0 Å². The lowest BCUT2D eigenvalue weighted by Crippen LogP contribution is -2.11. The second kappa shape index (κ2) is 5.49. The first-order chi connectivity index (χ1) is 9.66. The second-order valence-corrected chi connectivity index (χ2v) is 6.04. The molecule has 3 nitrogen and oxygen atoms in total. The lowest BCUT2D eigenvalue weighted by Gasteiger charge is -2.21. The van der Waals surface area contributed by atoms with Gasteiger partial charge < -0.3 is 10.3 Å². The summed E-state index contributed by atoms with van der Waals surface area (Å²) in [5.41, 5.74) is 8.10. The zero-order valence-electron chi connectivity index (χ0n) is 11.8. The Morgan fingerprint density at radius 1 is 1.25 bits per heavy atom. The van der Waals surface area contributed by atoms with Crippen LogP contribution in [0, 0.1) is 0 Å². The predicted octanol–water partition coefficient (Wildman–Crippen LogP) is 4.37. The fourth-order valence-corrected chi connectivity index (χ4v) is 3.29. The summed E-state index contributed by atoms with van der Waals surface area (Å²) in [5, 5.41) is 0.715. The van der Waals surface area contributed by atoms with E-state index in [1.54, 1.807) is 0 Å². The number of nitrogens with zero attached hydrogens (tertiary/aromatic N) is 2. The van der Waals surface area contributed by atoms with Gasteiger partial charge in [-0.2, -0.15) is 0 Å². The van der Waals surface area contributed by atoms with Gasteiger partial charge in [-0.05, 0) is 25.0 Å². The molecule has 1 aromatic heterocycles. The SMILES string of the molecule is Cn1c(C2CCCCC2)nc(-c2cccc(Cl)c2)c1N. The Bertz CT molecular complexity index is 612. The van der Waals surface area contributed by atoms with E-state index in [-0.39, 0.29) is 0 Å². The zero-order chi connectivity index (χ0) is 14.1. The Hall–Kier alpha value is -1.48. The van der Waals surface area contributed by atoms with Crippen molar-refractivity contribution in [2.75, 3.05) is 5.73 Å². The molecule has 0 aliphatic heterocycles. The van der Waals surface area contributed by atoms with Gasteiger partial charge in [0.05, 0.1) is 0 Å². The Kier molecular flexibility index (Phi) is 3.70. The van der Waals surface area contributed by atoms with Gasteiger partial charge in [0.15, 0.2) is 0 Å². The Balaban J connectivity index is 2.01. The van der Waals surface area contributed by atoms with Crippen LogP contribution in [0.25, 0.3) is 11.3 Å². The van der Waals surface area contributed by atoms with Crippen LogP contribution in [0.5, 0.6) is 0 Å². The second-order valence-electron chi connectivity index (χ2n) is 5.61. The number of halogens is 1. The third kappa shape index (κ3) is 2.42. The van der Waals surface area contributed by atoms with Gasteiger partial charge in [0.25, 0.3) is 0 Å². The van der Waals surface area contributed by atoms with Crippen LogP contribution < -0.4 is 5.73 Å². The first-order valence-electron chi connectivity index (χ1n) is 7.25. The van der Waals surface area contributed by atoms with E-state index in [1.165, 1.54) is 32.1 Å². The van der Waals surface area contributed by atoms with Crippen molar-refractivity contribution in [2.24, 2.45) is 7.05 Å². The largest absolute Gasteiger partial charge is 0.383 e. The van der Waals surface area contributed by atoms with Gasteiger partial charge in [-0.15, -0.1) is 0 Å². The van der Waals surface area contributed by atoms with Crippen molar-refractivity contribution in [3.05, 3.63) is 35.1 Å². The van der Waals surface area contributed by atoms with Crippen LogP contribution in [0.15, 0.2) is 24.3 Å². The van der Waals surface area contributed by atoms with Gasteiger partial charge in [0.1, 0.15) is 17.3 Å². The number of hydrogen-bond donors (Lipinski definition) is 1. The van der Waals surface area contributed by atoms with E-state index in [0.29, 0.717) is 10.9 Å². The van der Waals surface area contributed by atoms with Crippen LogP contribution in [0.4, 0.5) is 5.82 Å². The molecule has 4 heteroatoms. The molecule has 106 valence electrons. The molecule has 20 heavy (non-hydrogen) atoms. The molecule has 1 heterocycles. The molecule has 2 N–H and O–H groups in total. The minimum absolute atomic E-state index is 0.545. The predicted molar refractivity (Wildman–Crippen MR) is 83.9 cm³/mol. The standard InChI is InChI=1S/C16H20ClN3/c1-20-15(18)14(12-8-5-9-13(17)10-12)19-16(20)11-6-3-2-4-7-11/h5,8-11H,2-4,6-7,18H2,1H3. The summed E-state index contributed by atoms with van der Waals surface area (Å²) in [6.45, 7) is 0. The maximum atomic E-state index is 6.25. The van der Waals surface area contributed by atoms with Crippen molar-refractivity contribution < 1.29 is 0 Å². The molecular weight excluding hydrogens is 270 g/mol. The molecule has 0 atom stereocenters. The molecule has 1 saturated carbocycles. The van der Waals surface area contributed by atoms with E-state index in [9.17, 15) is 0 Å². The van der Waals surface area contributed by atoms with Gasteiger partial charge in [0.2, 0.25) is 0 Å². The third-order valence-electron chi connectivity index (χ3n) is 4.24. The molecule has 1 aromatic carbocycles. The Morgan fingerprint density at radius 2 is 2.00 bits per heavy atom. The number of aromatic nitrogens is 2. The number of nitrogens with two attached hydrogens (primary N) is 1. The molecule has 0 unspecified atom stereocenters. The number of nitrogen functional groups attached to an aromatic ring is 1. The zero-order valence-corrected chi connectivity index (χ0v) is 12.5. The summed E-state index contributed by atoms with van der Waals surface area (Å²) < 4.78 is 2.05. The van der Waals surface area contributed by atoms with Crippen molar-refractivity contribution in [1.82, 2.24) is 9.55 Å². The van der Waals surface area contributed by atoms with Crippen molar-refractivity contribution in [3.8, 4) is 11.3 Å². The van der Waals surface area contributed by atoms with E-state index in [0.717, 1.165) is 22.9 Å². The molecule has 0 spiro atoms. The summed E-state index contributed by atoms with van der Waals surface area (Å²) in [4.78, 5) is 4.82. The molecule has 1 fully saturated rings. The van der Waals surface area contributed by atoms with Gasteiger partial charge in [-0.3, -0.25) is 0 Å². The van der Waals surface area contributed by atoms with Crippen LogP contribution in [0.3, 0.4) is 0 Å². The Labute approximate surface area is 124 Å². The highest BCUT2D eigenvalue weighted by Crippen LogP contribution is 2.36. The highest BCUT2D eigenvalue weighted by atomic mass is 35.5. The average Bonchev–Trinajstić information content (AvgIpc) is 2.76. The quantitative estimate of drug-likeness (QED) is 0.892. The molecule has 3 rings (SSSR count). The molecule has 1 aliphatic carbocycles. The molecule has 1 aliphatic rings. The van der Waals surface area contributed by atoms with E-state index >= 15 is 0 Å². The summed E-state index contributed by atoms with van der Waals surface area (Å²) in [7, 11) is 2.01. The molecule has 0 radical (unpaired) electrons. The monoisotopic (exact) mass is 289 g/mol. The summed E-state index contributed by atoms with van der Waals surface area (Å²) in [6, 6.07) is 7.73. The maximum Gasteiger partial charge on any atom is 0.131 e. The van der Waals surface area contributed by atoms with Crippen molar-refractivity contribution >= 4 is 17.4 Å². The fraction of sp³-hybridized carbons (Fsp3) is 0.438. The number of hydrogen-bond acceptors (Lipinski definition) is 2. The molecule has 0 saturated heterocycles. The van der Waals surface area contributed by atoms with Gasteiger partial charge in [-0.25, -0.2) is 4.98 Å². The summed E-state index contributed by atoms with van der Waals surface area (Å²) in [5.74, 6) is 2.40. The van der Waals surface area contributed by atoms with Crippen molar-refractivity contribution in [2.45, 2.75) is 38.0 Å². The summed E-state index contributed by atoms with van der Waals surface area (Å²) in [6.07, 6.45) is 6.38. The minimum atomic E-state index is 0.545. The summed E-state index contributed by atoms with van der Waals surface area (Å²) >= 11 is 6.07. The van der Waals surface area contributed by atoms with Gasteiger partial charge in [0, 0.05) is 23.6 Å².